The van der Waals surface area contributed by atoms with Crippen LogP contribution in [0.4, 0.5) is 10.1 Å². The van der Waals surface area contributed by atoms with E-state index in [1.54, 1.807) is 21.6 Å². The molecule has 0 bridgehead atoms. The first-order valence-corrected chi connectivity index (χ1v) is 9.47. The van der Waals surface area contributed by atoms with Crippen molar-refractivity contribution in [2.75, 3.05) is 5.32 Å². The van der Waals surface area contributed by atoms with Gasteiger partial charge in [-0.1, -0.05) is 29.3 Å². The highest BCUT2D eigenvalue weighted by molar-refractivity contribution is 6.31. The molecule has 1 aromatic carbocycles. The Bertz CT molecular complexity index is 1030. The molecule has 1 amide bonds. The van der Waals surface area contributed by atoms with Gasteiger partial charge in [0, 0.05) is 11.4 Å². The monoisotopic (exact) mass is 423 g/mol. The number of amides is 1. The van der Waals surface area contributed by atoms with Crippen molar-refractivity contribution in [2.45, 2.75) is 40.3 Å². The van der Waals surface area contributed by atoms with Gasteiger partial charge in [-0.05, 0) is 38.5 Å². The van der Waals surface area contributed by atoms with Crippen molar-refractivity contribution in [3.8, 4) is 0 Å². The van der Waals surface area contributed by atoms with Crippen molar-refractivity contribution in [3.63, 3.8) is 0 Å². The molecule has 0 aliphatic carbocycles. The van der Waals surface area contributed by atoms with Crippen LogP contribution in [0.15, 0.2) is 24.4 Å². The maximum atomic E-state index is 13.2. The van der Waals surface area contributed by atoms with Gasteiger partial charge in [-0.2, -0.15) is 10.2 Å². The first-order chi connectivity index (χ1) is 13.3. The molecule has 2 heterocycles. The van der Waals surface area contributed by atoms with Crippen LogP contribution in [0.25, 0.3) is 0 Å². The summed E-state index contributed by atoms with van der Waals surface area (Å²) in [6.07, 6.45) is 1.82. The smallest absolute Gasteiger partial charge is 0.226 e. The fourth-order valence-corrected chi connectivity index (χ4v) is 3.27. The fourth-order valence-electron chi connectivity index (χ4n) is 2.90. The van der Waals surface area contributed by atoms with Crippen molar-refractivity contribution in [3.05, 3.63) is 62.9 Å². The molecule has 0 aliphatic rings. The molecule has 6 nitrogen and oxygen atoms in total. The predicted molar refractivity (Wildman–Crippen MR) is 107 cm³/mol. The third-order valence-corrected chi connectivity index (χ3v) is 5.30. The quantitative estimate of drug-likeness (QED) is 0.633. The number of rotatable bonds is 6. The van der Waals surface area contributed by atoms with E-state index in [0.29, 0.717) is 34.5 Å². The number of nitrogens with one attached hydrogen (secondary N) is 1. The van der Waals surface area contributed by atoms with Crippen LogP contribution >= 0.6 is 23.2 Å². The van der Waals surface area contributed by atoms with Crippen molar-refractivity contribution in [2.24, 2.45) is 0 Å². The van der Waals surface area contributed by atoms with Crippen LogP contribution in [0.5, 0.6) is 0 Å². The molecule has 0 radical (unpaired) electrons. The molecule has 0 spiro atoms. The molecule has 28 heavy (non-hydrogen) atoms. The van der Waals surface area contributed by atoms with Crippen LogP contribution in [0, 0.1) is 26.6 Å². The van der Waals surface area contributed by atoms with Gasteiger partial charge in [0.1, 0.15) is 5.82 Å². The summed E-state index contributed by atoms with van der Waals surface area (Å²) >= 11 is 12.1. The van der Waals surface area contributed by atoms with E-state index in [9.17, 15) is 9.18 Å². The van der Waals surface area contributed by atoms with Gasteiger partial charge < -0.3 is 5.32 Å². The number of benzene rings is 1. The topological polar surface area (TPSA) is 64.7 Å². The van der Waals surface area contributed by atoms with Crippen LogP contribution in [-0.2, 0) is 17.9 Å². The largest absolute Gasteiger partial charge is 0.323 e. The number of halogens is 3. The Hall–Kier alpha value is -2.38. The maximum Gasteiger partial charge on any atom is 0.226 e. The number of aryl methyl sites for hydroxylation is 2. The zero-order valence-electron chi connectivity index (χ0n) is 15.8. The minimum absolute atomic E-state index is 0.142. The minimum atomic E-state index is -0.385. The summed E-state index contributed by atoms with van der Waals surface area (Å²) < 4.78 is 16.7. The Kier molecular flexibility index (Phi) is 6.05. The van der Waals surface area contributed by atoms with Crippen molar-refractivity contribution in [1.29, 1.82) is 0 Å². The standard InChI is InChI=1S/C19H20Cl2FN5O/c1-11-19(24-18(28)6-7-26-12(2)17(21)9-23-26)13(3)27(25-11)10-14-4-5-15(22)8-16(14)20/h4-5,8-9H,6-7,10H2,1-3H3,(H,24,28). The average molecular weight is 424 g/mol. The SMILES string of the molecule is Cc1nn(Cc2ccc(F)cc2Cl)c(C)c1NC(=O)CCn1ncc(Cl)c1C. The number of carbonyl (C=O) groups excluding carboxylic acids is 1. The van der Waals surface area contributed by atoms with Gasteiger partial charge >= 0.3 is 0 Å². The molecule has 1 N–H and O–H groups in total. The second-order valence-electron chi connectivity index (χ2n) is 6.54. The van der Waals surface area contributed by atoms with E-state index in [4.69, 9.17) is 23.2 Å². The molecular formula is C19H20Cl2FN5O. The number of aromatic nitrogens is 4. The van der Waals surface area contributed by atoms with Gasteiger partial charge in [0.25, 0.3) is 0 Å². The van der Waals surface area contributed by atoms with E-state index >= 15 is 0 Å². The van der Waals surface area contributed by atoms with Crippen LogP contribution in [0.3, 0.4) is 0 Å². The third kappa shape index (κ3) is 4.36. The van der Waals surface area contributed by atoms with Crippen LogP contribution in [-0.4, -0.2) is 25.5 Å². The minimum Gasteiger partial charge on any atom is -0.323 e. The highest BCUT2D eigenvalue weighted by atomic mass is 35.5. The Balaban J connectivity index is 1.69. The summed E-state index contributed by atoms with van der Waals surface area (Å²) in [5, 5.41) is 12.4. The van der Waals surface area contributed by atoms with Gasteiger partial charge in [0.2, 0.25) is 5.91 Å². The fraction of sp³-hybridized carbons (Fsp3) is 0.316. The van der Waals surface area contributed by atoms with E-state index in [-0.39, 0.29) is 18.1 Å². The number of carbonyl (C=O) groups is 1. The molecule has 0 fully saturated rings. The second kappa shape index (κ2) is 8.32. The molecule has 0 unspecified atom stereocenters. The summed E-state index contributed by atoms with van der Waals surface area (Å²) in [6.45, 7) is 6.36. The lowest BCUT2D eigenvalue weighted by atomic mass is 10.2. The number of anilines is 1. The third-order valence-electron chi connectivity index (χ3n) is 4.58. The van der Waals surface area contributed by atoms with Gasteiger partial charge in [-0.25, -0.2) is 4.39 Å². The van der Waals surface area contributed by atoms with Crippen molar-refractivity contribution >= 4 is 34.8 Å². The highest BCUT2D eigenvalue weighted by Gasteiger charge is 2.16. The molecule has 0 saturated carbocycles. The number of nitrogens with zero attached hydrogens (tertiary/aromatic N) is 4. The van der Waals surface area contributed by atoms with Gasteiger partial charge in [0.15, 0.2) is 0 Å². The lowest BCUT2D eigenvalue weighted by molar-refractivity contribution is -0.116. The highest BCUT2D eigenvalue weighted by Crippen LogP contribution is 2.23. The van der Waals surface area contributed by atoms with E-state index in [0.717, 1.165) is 17.0 Å². The van der Waals surface area contributed by atoms with E-state index < -0.39 is 0 Å². The lowest BCUT2D eigenvalue weighted by Crippen LogP contribution is -2.16. The van der Waals surface area contributed by atoms with Crippen molar-refractivity contribution in [1.82, 2.24) is 19.6 Å². The van der Waals surface area contributed by atoms with E-state index in [1.165, 1.54) is 12.1 Å². The average Bonchev–Trinajstić information content (AvgIpc) is 3.09. The summed E-state index contributed by atoms with van der Waals surface area (Å²) in [6, 6.07) is 4.26. The second-order valence-corrected chi connectivity index (χ2v) is 7.35. The zero-order valence-corrected chi connectivity index (χ0v) is 17.3. The molecule has 3 rings (SSSR count). The molecule has 9 heteroatoms. The van der Waals surface area contributed by atoms with Crippen LogP contribution in [0.2, 0.25) is 10.0 Å². The van der Waals surface area contributed by atoms with Crippen LogP contribution < -0.4 is 5.32 Å². The molecule has 0 atom stereocenters. The first-order valence-electron chi connectivity index (χ1n) is 8.72. The summed E-state index contributed by atoms with van der Waals surface area (Å²) in [5.41, 5.74) is 3.73. The van der Waals surface area contributed by atoms with Gasteiger partial charge in [0.05, 0.1) is 47.1 Å². The molecule has 3 aromatic rings. The van der Waals surface area contributed by atoms with E-state index in [2.05, 4.69) is 15.5 Å². The zero-order chi connectivity index (χ0) is 20.4. The predicted octanol–water partition coefficient (Wildman–Crippen LogP) is 4.53. The number of hydrogen-bond acceptors (Lipinski definition) is 3. The van der Waals surface area contributed by atoms with Crippen LogP contribution in [0.1, 0.15) is 29.1 Å². The molecule has 2 aromatic heterocycles. The van der Waals surface area contributed by atoms with E-state index in [1.807, 2.05) is 20.8 Å². The Morgan fingerprint density at radius 1 is 1.14 bits per heavy atom. The number of hydrogen-bond donors (Lipinski definition) is 1. The Labute approximate surface area is 172 Å². The van der Waals surface area contributed by atoms with Gasteiger partial charge in [-0.15, -0.1) is 0 Å². The van der Waals surface area contributed by atoms with Crippen molar-refractivity contribution < 1.29 is 9.18 Å². The molecular weight excluding hydrogens is 404 g/mol. The Morgan fingerprint density at radius 2 is 1.89 bits per heavy atom. The molecule has 0 aliphatic heterocycles. The van der Waals surface area contributed by atoms with Gasteiger partial charge in [-0.3, -0.25) is 14.2 Å². The normalized spacial score (nSPS) is 11.1. The molecule has 0 saturated heterocycles. The molecule has 148 valence electrons. The summed E-state index contributed by atoms with van der Waals surface area (Å²) in [5.74, 6) is -0.527. The summed E-state index contributed by atoms with van der Waals surface area (Å²) in [4.78, 5) is 12.4. The first kappa shape index (κ1) is 20.4. The lowest BCUT2D eigenvalue weighted by Gasteiger charge is -2.09. The Morgan fingerprint density at radius 3 is 2.54 bits per heavy atom. The maximum absolute atomic E-state index is 13.2. The summed E-state index contributed by atoms with van der Waals surface area (Å²) in [7, 11) is 0.